The third-order valence-electron chi connectivity index (χ3n) is 1.54. The second kappa shape index (κ2) is 4.62. The summed E-state index contributed by atoms with van der Waals surface area (Å²) in [4.78, 5) is 24.3. The summed E-state index contributed by atoms with van der Waals surface area (Å²) in [5.74, 6) is -0.834. The van der Waals surface area contributed by atoms with Gasteiger partial charge in [0.2, 0.25) is 6.08 Å². The summed E-state index contributed by atoms with van der Waals surface area (Å²) in [6.45, 7) is 7.35. The Balaban J connectivity index is 4.55. The van der Waals surface area contributed by atoms with E-state index in [0.717, 1.165) is 0 Å². The molecule has 4 nitrogen and oxygen atoms in total. The van der Waals surface area contributed by atoms with Crippen LogP contribution in [-0.4, -0.2) is 33.2 Å². The number of carboxylic acids is 1. The first kappa shape index (κ1) is 13.2. The van der Waals surface area contributed by atoms with Crippen LogP contribution in [-0.2, 0) is 9.59 Å². The zero-order valence-corrected chi connectivity index (χ0v) is 9.64. The SMILES string of the molecule is CC(C)(C)SCC(C)(N=C=O)C(=O)O. The van der Waals surface area contributed by atoms with Crippen LogP contribution < -0.4 is 0 Å². The molecule has 0 heterocycles. The summed E-state index contributed by atoms with van der Waals surface area (Å²) in [5.41, 5.74) is -1.36. The fourth-order valence-corrected chi connectivity index (χ4v) is 1.50. The van der Waals surface area contributed by atoms with Crippen molar-refractivity contribution in [3.63, 3.8) is 0 Å². The third-order valence-corrected chi connectivity index (χ3v) is 3.11. The Morgan fingerprint density at radius 2 is 1.93 bits per heavy atom. The quantitative estimate of drug-likeness (QED) is 0.575. The molecule has 0 rings (SSSR count). The molecule has 0 bridgehead atoms. The van der Waals surface area contributed by atoms with Crippen LogP contribution in [0.15, 0.2) is 4.99 Å². The summed E-state index contributed by atoms with van der Waals surface area (Å²) in [5, 5.41) is 8.87. The molecule has 0 saturated heterocycles. The van der Waals surface area contributed by atoms with E-state index in [1.54, 1.807) is 0 Å². The van der Waals surface area contributed by atoms with E-state index < -0.39 is 11.5 Å². The van der Waals surface area contributed by atoms with Crippen LogP contribution in [0.1, 0.15) is 27.7 Å². The third kappa shape index (κ3) is 4.44. The van der Waals surface area contributed by atoms with Crippen molar-refractivity contribution in [3.8, 4) is 0 Å². The average Bonchev–Trinajstić information content (AvgIpc) is 2.00. The molecule has 0 aliphatic carbocycles. The molecular formula is C9H15NO3S. The highest BCUT2D eigenvalue weighted by atomic mass is 32.2. The Hall–Kier alpha value is -0.800. The lowest BCUT2D eigenvalue weighted by molar-refractivity contribution is -0.141. The maximum absolute atomic E-state index is 10.8. The molecule has 1 N–H and O–H groups in total. The molecule has 14 heavy (non-hydrogen) atoms. The Bertz CT molecular complexity index is 262. The molecule has 0 aliphatic heterocycles. The molecule has 1 unspecified atom stereocenters. The van der Waals surface area contributed by atoms with Crippen molar-refractivity contribution in [2.45, 2.75) is 38.0 Å². The number of thioether (sulfide) groups is 1. The molecule has 0 saturated carbocycles. The number of isocyanates is 1. The van der Waals surface area contributed by atoms with Crippen molar-refractivity contribution < 1.29 is 14.7 Å². The second-order valence-electron chi connectivity index (χ2n) is 4.18. The van der Waals surface area contributed by atoms with Gasteiger partial charge in [-0.1, -0.05) is 20.8 Å². The van der Waals surface area contributed by atoms with Crippen molar-refractivity contribution in [2.75, 3.05) is 5.75 Å². The van der Waals surface area contributed by atoms with Gasteiger partial charge >= 0.3 is 5.97 Å². The second-order valence-corrected chi connectivity index (χ2v) is 5.99. The minimum atomic E-state index is -1.36. The van der Waals surface area contributed by atoms with Gasteiger partial charge in [-0.3, -0.25) is 0 Å². The van der Waals surface area contributed by atoms with E-state index >= 15 is 0 Å². The largest absolute Gasteiger partial charge is 0.479 e. The molecule has 0 aliphatic rings. The van der Waals surface area contributed by atoms with Crippen LogP contribution in [0.5, 0.6) is 0 Å². The van der Waals surface area contributed by atoms with E-state index in [0.29, 0.717) is 0 Å². The Morgan fingerprint density at radius 1 is 1.43 bits per heavy atom. The van der Waals surface area contributed by atoms with Crippen molar-refractivity contribution >= 4 is 23.8 Å². The smallest absolute Gasteiger partial charge is 0.333 e. The standard InChI is InChI=1S/C9H15NO3S/c1-8(2,3)14-5-9(4,7(12)13)10-6-11/h5H2,1-4H3,(H,12,13). The van der Waals surface area contributed by atoms with E-state index in [1.807, 2.05) is 20.8 Å². The number of carboxylic acid groups (broad SMARTS) is 1. The van der Waals surface area contributed by atoms with Crippen molar-refractivity contribution in [3.05, 3.63) is 0 Å². The van der Waals surface area contributed by atoms with E-state index in [2.05, 4.69) is 4.99 Å². The summed E-state index contributed by atoms with van der Waals surface area (Å²) in [7, 11) is 0. The van der Waals surface area contributed by atoms with Crippen molar-refractivity contribution in [2.24, 2.45) is 4.99 Å². The number of rotatable bonds is 4. The van der Waals surface area contributed by atoms with E-state index in [-0.39, 0.29) is 10.5 Å². The highest BCUT2D eigenvalue weighted by molar-refractivity contribution is 8.00. The van der Waals surface area contributed by atoms with Crippen LogP contribution in [0.25, 0.3) is 0 Å². The fourth-order valence-electron chi connectivity index (χ4n) is 0.600. The van der Waals surface area contributed by atoms with Gasteiger partial charge in [-0.2, -0.15) is 16.8 Å². The summed E-state index contributed by atoms with van der Waals surface area (Å²) in [6, 6.07) is 0. The van der Waals surface area contributed by atoms with Crippen LogP contribution in [0.4, 0.5) is 0 Å². The van der Waals surface area contributed by atoms with Gasteiger partial charge in [0.05, 0.1) is 0 Å². The van der Waals surface area contributed by atoms with Gasteiger partial charge in [-0.05, 0) is 6.92 Å². The highest BCUT2D eigenvalue weighted by Crippen LogP contribution is 2.28. The topological polar surface area (TPSA) is 66.7 Å². The highest BCUT2D eigenvalue weighted by Gasteiger charge is 2.34. The monoisotopic (exact) mass is 217 g/mol. The van der Waals surface area contributed by atoms with Crippen LogP contribution in [0, 0.1) is 0 Å². The first-order chi connectivity index (χ1) is 6.21. The molecule has 5 heteroatoms. The number of hydrogen-bond donors (Lipinski definition) is 1. The Labute approximate surface area is 87.8 Å². The minimum absolute atomic E-state index is 0.0465. The lowest BCUT2D eigenvalue weighted by Crippen LogP contribution is -2.37. The minimum Gasteiger partial charge on any atom is -0.479 e. The number of nitrogens with zero attached hydrogens (tertiary/aromatic N) is 1. The normalized spacial score (nSPS) is 15.4. The first-order valence-corrected chi connectivity index (χ1v) is 5.16. The predicted octanol–water partition coefficient (Wildman–Crippen LogP) is 1.70. The molecule has 80 valence electrons. The maximum atomic E-state index is 10.8. The number of carbonyl (C=O) groups excluding carboxylic acids is 1. The molecule has 0 aromatic rings. The van der Waals surface area contributed by atoms with E-state index in [9.17, 15) is 9.59 Å². The summed E-state index contributed by atoms with van der Waals surface area (Å²) >= 11 is 1.46. The van der Waals surface area contributed by atoms with E-state index in [1.165, 1.54) is 24.8 Å². The Kier molecular flexibility index (Phi) is 4.36. The fraction of sp³-hybridized carbons (Fsp3) is 0.778. The van der Waals surface area contributed by atoms with Gasteiger partial charge in [0.25, 0.3) is 0 Å². The number of aliphatic imine (C=N–C) groups is 1. The van der Waals surface area contributed by atoms with Crippen molar-refractivity contribution in [1.29, 1.82) is 0 Å². The molecule has 0 fully saturated rings. The van der Waals surface area contributed by atoms with Gasteiger partial charge in [0.1, 0.15) is 0 Å². The molecule has 0 radical (unpaired) electrons. The average molecular weight is 217 g/mol. The summed E-state index contributed by atoms with van der Waals surface area (Å²) < 4.78 is -0.0465. The number of hydrogen-bond acceptors (Lipinski definition) is 4. The van der Waals surface area contributed by atoms with Gasteiger partial charge in [-0.15, -0.1) is 0 Å². The zero-order chi connectivity index (χ0) is 11.4. The lowest BCUT2D eigenvalue weighted by atomic mass is 10.1. The van der Waals surface area contributed by atoms with Crippen LogP contribution in [0.2, 0.25) is 0 Å². The summed E-state index contributed by atoms with van der Waals surface area (Å²) in [6.07, 6.45) is 1.31. The van der Waals surface area contributed by atoms with Gasteiger partial charge in [-0.25, -0.2) is 9.59 Å². The van der Waals surface area contributed by atoms with Gasteiger partial charge in [0, 0.05) is 10.5 Å². The van der Waals surface area contributed by atoms with Gasteiger partial charge < -0.3 is 5.11 Å². The molecule has 0 amide bonds. The zero-order valence-electron chi connectivity index (χ0n) is 8.83. The Morgan fingerprint density at radius 3 is 2.21 bits per heavy atom. The van der Waals surface area contributed by atoms with Crippen LogP contribution in [0.3, 0.4) is 0 Å². The first-order valence-electron chi connectivity index (χ1n) is 4.18. The molecule has 0 spiro atoms. The molecule has 1 atom stereocenters. The van der Waals surface area contributed by atoms with Crippen molar-refractivity contribution in [1.82, 2.24) is 0 Å². The predicted molar refractivity (Wildman–Crippen MR) is 56.4 cm³/mol. The van der Waals surface area contributed by atoms with Crippen LogP contribution >= 0.6 is 11.8 Å². The van der Waals surface area contributed by atoms with Gasteiger partial charge in [0.15, 0.2) is 5.54 Å². The van der Waals surface area contributed by atoms with E-state index in [4.69, 9.17) is 5.11 Å². The number of aliphatic carboxylic acids is 1. The lowest BCUT2D eigenvalue weighted by Gasteiger charge is -2.23. The number of carbonyl (C=O) groups is 1. The molecule has 0 aromatic carbocycles. The molecular weight excluding hydrogens is 202 g/mol. The maximum Gasteiger partial charge on any atom is 0.333 e. The molecule has 0 aromatic heterocycles.